The standard InChI is InChI=1S/C27H31N7O3/c1-20-4-5-21(17-24(20)31-27-29-8-6-23(30-27)22-3-2-7-28-18-22)26(36)34-11-9-32(10-12-34)19-25(35)33-13-15-37-16-14-33/h2-8,17-18H,9-16,19H2,1H3,(H,29,30,31). The van der Waals surface area contributed by atoms with E-state index in [0.717, 1.165) is 22.5 Å². The molecule has 0 unspecified atom stereocenters. The number of pyridine rings is 1. The van der Waals surface area contributed by atoms with Gasteiger partial charge >= 0.3 is 0 Å². The Morgan fingerprint density at radius 2 is 1.78 bits per heavy atom. The van der Waals surface area contributed by atoms with Gasteiger partial charge in [0.2, 0.25) is 11.9 Å². The van der Waals surface area contributed by atoms with Crippen LogP contribution in [0.1, 0.15) is 15.9 Å². The van der Waals surface area contributed by atoms with Gasteiger partial charge in [-0.25, -0.2) is 9.97 Å². The maximum absolute atomic E-state index is 13.3. The van der Waals surface area contributed by atoms with E-state index in [4.69, 9.17) is 4.74 Å². The molecule has 10 nitrogen and oxygen atoms in total. The molecule has 1 aromatic carbocycles. The molecule has 192 valence electrons. The van der Waals surface area contributed by atoms with Gasteiger partial charge in [-0.05, 0) is 42.8 Å². The van der Waals surface area contributed by atoms with Crippen molar-refractivity contribution in [2.24, 2.45) is 0 Å². The molecule has 4 heterocycles. The number of amides is 2. The predicted octanol–water partition coefficient (Wildman–Crippen LogP) is 2.21. The van der Waals surface area contributed by atoms with Crippen LogP contribution in [0.25, 0.3) is 11.3 Å². The Morgan fingerprint density at radius 3 is 2.54 bits per heavy atom. The van der Waals surface area contributed by atoms with E-state index in [1.807, 2.05) is 53.1 Å². The number of rotatable bonds is 6. The van der Waals surface area contributed by atoms with Crippen molar-refractivity contribution in [3.63, 3.8) is 0 Å². The van der Waals surface area contributed by atoms with Crippen molar-refractivity contribution in [2.45, 2.75) is 6.92 Å². The van der Waals surface area contributed by atoms with Crippen molar-refractivity contribution in [2.75, 3.05) is 64.3 Å². The summed E-state index contributed by atoms with van der Waals surface area (Å²) in [4.78, 5) is 44.8. The van der Waals surface area contributed by atoms with Crippen molar-refractivity contribution < 1.29 is 14.3 Å². The van der Waals surface area contributed by atoms with Crippen molar-refractivity contribution in [1.82, 2.24) is 29.7 Å². The topological polar surface area (TPSA) is 104 Å². The van der Waals surface area contributed by atoms with Gasteiger partial charge in [0.1, 0.15) is 0 Å². The fourth-order valence-electron chi connectivity index (χ4n) is 4.50. The molecule has 10 heteroatoms. The first-order valence-electron chi connectivity index (χ1n) is 12.5. The van der Waals surface area contributed by atoms with E-state index in [2.05, 4.69) is 25.2 Å². The van der Waals surface area contributed by atoms with Gasteiger partial charge in [-0.3, -0.25) is 19.5 Å². The van der Waals surface area contributed by atoms with Gasteiger partial charge in [0.25, 0.3) is 5.91 Å². The minimum absolute atomic E-state index is 0.0211. The highest BCUT2D eigenvalue weighted by molar-refractivity contribution is 5.95. The van der Waals surface area contributed by atoms with E-state index < -0.39 is 0 Å². The van der Waals surface area contributed by atoms with Crippen LogP contribution < -0.4 is 5.32 Å². The number of aromatic nitrogens is 3. The van der Waals surface area contributed by atoms with Crippen molar-refractivity contribution in [1.29, 1.82) is 0 Å². The summed E-state index contributed by atoms with van der Waals surface area (Å²) in [6.45, 7) is 7.39. The second kappa shape index (κ2) is 11.4. The smallest absolute Gasteiger partial charge is 0.254 e. The van der Waals surface area contributed by atoms with E-state index in [1.54, 1.807) is 18.6 Å². The molecule has 5 rings (SSSR count). The first-order valence-corrected chi connectivity index (χ1v) is 12.5. The number of piperazine rings is 1. The third kappa shape index (κ3) is 6.10. The number of benzene rings is 1. The molecule has 2 aliphatic heterocycles. The number of carbonyl (C=O) groups excluding carboxylic acids is 2. The average molecular weight is 502 g/mol. The van der Waals surface area contributed by atoms with E-state index in [9.17, 15) is 9.59 Å². The molecule has 37 heavy (non-hydrogen) atoms. The Morgan fingerprint density at radius 1 is 0.973 bits per heavy atom. The zero-order valence-corrected chi connectivity index (χ0v) is 21.0. The molecule has 0 aliphatic carbocycles. The summed E-state index contributed by atoms with van der Waals surface area (Å²) < 4.78 is 5.33. The highest BCUT2D eigenvalue weighted by Gasteiger charge is 2.26. The van der Waals surface area contributed by atoms with Gasteiger partial charge in [0.15, 0.2) is 0 Å². The van der Waals surface area contributed by atoms with Crippen LogP contribution in [0, 0.1) is 6.92 Å². The lowest BCUT2D eigenvalue weighted by Crippen LogP contribution is -2.52. The summed E-state index contributed by atoms with van der Waals surface area (Å²) in [6, 6.07) is 11.3. The maximum Gasteiger partial charge on any atom is 0.254 e. The molecule has 2 amide bonds. The molecule has 0 atom stereocenters. The SMILES string of the molecule is Cc1ccc(C(=O)N2CCN(CC(=O)N3CCOCC3)CC2)cc1Nc1nccc(-c2cccnc2)n1. The van der Waals surface area contributed by atoms with Gasteiger partial charge in [-0.2, -0.15) is 0 Å². The monoisotopic (exact) mass is 501 g/mol. The Balaban J connectivity index is 1.20. The van der Waals surface area contributed by atoms with E-state index in [1.165, 1.54) is 0 Å². The van der Waals surface area contributed by atoms with E-state index >= 15 is 0 Å². The third-order valence-electron chi connectivity index (χ3n) is 6.73. The van der Waals surface area contributed by atoms with Crippen LogP contribution in [0.4, 0.5) is 11.6 Å². The number of nitrogens with one attached hydrogen (secondary N) is 1. The fraction of sp³-hybridized carbons (Fsp3) is 0.370. The number of hydrogen-bond donors (Lipinski definition) is 1. The van der Waals surface area contributed by atoms with Crippen LogP contribution in [0.5, 0.6) is 0 Å². The molecule has 0 saturated carbocycles. The van der Waals surface area contributed by atoms with Crippen molar-refractivity contribution in [3.8, 4) is 11.3 Å². The van der Waals surface area contributed by atoms with E-state index in [0.29, 0.717) is 70.5 Å². The number of carbonyl (C=O) groups is 2. The number of anilines is 2. The minimum atomic E-state index is -0.0211. The van der Waals surface area contributed by atoms with Gasteiger partial charge in [-0.15, -0.1) is 0 Å². The van der Waals surface area contributed by atoms with Gasteiger partial charge in [0.05, 0.1) is 25.5 Å². The summed E-state index contributed by atoms with van der Waals surface area (Å²) in [5, 5.41) is 3.27. The van der Waals surface area contributed by atoms with Crippen LogP contribution in [0.3, 0.4) is 0 Å². The molecule has 2 aliphatic rings. The Kier molecular flexibility index (Phi) is 7.67. The molecule has 0 radical (unpaired) electrons. The van der Waals surface area contributed by atoms with Crippen LogP contribution in [0.15, 0.2) is 55.0 Å². The summed E-state index contributed by atoms with van der Waals surface area (Å²) in [6.07, 6.45) is 5.18. The van der Waals surface area contributed by atoms with Crippen molar-refractivity contribution in [3.05, 3.63) is 66.1 Å². The molecule has 2 fully saturated rings. The summed E-state index contributed by atoms with van der Waals surface area (Å²) in [5.74, 6) is 0.562. The average Bonchev–Trinajstić information content (AvgIpc) is 2.95. The van der Waals surface area contributed by atoms with Gasteiger partial charge in [0, 0.05) is 74.7 Å². The van der Waals surface area contributed by atoms with Crippen LogP contribution in [0.2, 0.25) is 0 Å². The molecule has 0 bridgehead atoms. The quantitative estimate of drug-likeness (QED) is 0.548. The lowest BCUT2D eigenvalue weighted by molar-refractivity contribution is -0.136. The first kappa shape index (κ1) is 24.8. The molecule has 3 aromatic rings. The molecule has 0 spiro atoms. The Bertz CT molecular complexity index is 1240. The Labute approximate surface area is 216 Å². The van der Waals surface area contributed by atoms with Gasteiger partial charge < -0.3 is 19.9 Å². The number of aryl methyl sites for hydroxylation is 1. The summed E-state index contributed by atoms with van der Waals surface area (Å²) >= 11 is 0. The summed E-state index contributed by atoms with van der Waals surface area (Å²) in [5.41, 5.74) is 4.04. The normalized spacial score (nSPS) is 16.5. The largest absolute Gasteiger partial charge is 0.378 e. The number of hydrogen-bond acceptors (Lipinski definition) is 8. The minimum Gasteiger partial charge on any atom is -0.378 e. The van der Waals surface area contributed by atoms with E-state index in [-0.39, 0.29) is 11.8 Å². The lowest BCUT2D eigenvalue weighted by Gasteiger charge is -2.36. The highest BCUT2D eigenvalue weighted by atomic mass is 16.5. The molecular weight excluding hydrogens is 470 g/mol. The van der Waals surface area contributed by atoms with Crippen LogP contribution >= 0.6 is 0 Å². The molecule has 1 N–H and O–H groups in total. The third-order valence-corrected chi connectivity index (χ3v) is 6.73. The molecule has 2 aromatic heterocycles. The van der Waals surface area contributed by atoms with Gasteiger partial charge in [-0.1, -0.05) is 6.07 Å². The second-order valence-corrected chi connectivity index (χ2v) is 9.22. The Hall–Kier alpha value is -3.89. The highest BCUT2D eigenvalue weighted by Crippen LogP contribution is 2.23. The summed E-state index contributed by atoms with van der Waals surface area (Å²) in [7, 11) is 0. The fourth-order valence-corrected chi connectivity index (χ4v) is 4.50. The number of ether oxygens (including phenoxy) is 1. The van der Waals surface area contributed by atoms with Crippen LogP contribution in [-0.2, 0) is 9.53 Å². The molecular formula is C27H31N7O3. The first-order chi connectivity index (χ1) is 18.1. The zero-order valence-electron chi connectivity index (χ0n) is 21.0. The van der Waals surface area contributed by atoms with Crippen molar-refractivity contribution >= 4 is 23.5 Å². The number of morpholine rings is 1. The zero-order chi connectivity index (χ0) is 25.6. The predicted molar refractivity (Wildman–Crippen MR) is 139 cm³/mol. The second-order valence-electron chi connectivity index (χ2n) is 9.22. The van der Waals surface area contributed by atoms with Crippen LogP contribution in [-0.4, -0.2) is 100 Å². The molecule has 2 saturated heterocycles. The lowest BCUT2D eigenvalue weighted by atomic mass is 10.1. The maximum atomic E-state index is 13.3. The number of nitrogens with zero attached hydrogens (tertiary/aromatic N) is 6.